The lowest BCUT2D eigenvalue weighted by Gasteiger charge is -1.99. The Balaban J connectivity index is 2.47. The van der Waals surface area contributed by atoms with Gasteiger partial charge in [-0.3, -0.25) is 4.68 Å². The van der Waals surface area contributed by atoms with E-state index in [2.05, 4.69) is 43.2 Å². The predicted octanol–water partition coefficient (Wildman–Crippen LogP) is 3.41. The van der Waals surface area contributed by atoms with Crippen LogP contribution in [0.15, 0.2) is 33.2 Å². The van der Waals surface area contributed by atoms with Gasteiger partial charge in [-0.05, 0) is 50.1 Å². The second-order valence-electron chi connectivity index (χ2n) is 2.91. The van der Waals surface area contributed by atoms with Crippen molar-refractivity contribution in [3.05, 3.63) is 39.4 Å². The van der Waals surface area contributed by atoms with Gasteiger partial charge in [0.05, 0.1) is 11.9 Å². The lowest BCUT2D eigenvalue weighted by Crippen LogP contribution is -1.88. The molecule has 4 heteroatoms. The highest BCUT2D eigenvalue weighted by Gasteiger charge is 2.03. The van der Waals surface area contributed by atoms with Crippen LogP contribution in [0.5, 0.6) is 0 Å². The Morgan fingerprint density at radius 1 is 1.29 bits per heavy atom. The molecule has 0 bridgehead atoms. The number of aromatic nitrogens is 2. The third-order valence-corrected chi connectivity index (χ3v) is 3.74. The molecule has 0 atom stereocenters. The molecule has 0 aliphatic rings. The molecule has 1 aromatic carbocycles. The van der Waals surface area contributed by atoms with Gasteiger partial charge in [-0.1, -0.05) is 6.07 Å². The molecule has 2 rings (SSSR count). The van der Waals surface area contributed by atoms with E-state index in [0.717, 1.165) is 20.2 Å². The summed E-state index contributed by atoms with van der Waals surface area (Å²) in [4.78, 5) is 0. The maximum Gasteiger partial charge on any atom is 0.0930 e. The van der Waals surface area contributed by atoms with E-state index in [0.29, 0.717) is 0 Å². The summed E-state index contributed by atoms with van der Waals surface area (Å²) in [6.07, 6.45) is 2.98. The van der Waals surface area contributed by atoms with Gasteiger partial charge in [0.25, 0.3) is 0 Å². The molecule has 0 fully saturated rings. The van der Waals surface area contributed by atoms with Crippen LogP contribution in [0.4, 0.5) is 0 Å². The Kier molecular flexibility index (Phi) is 2.74. The van der Waals surface area contributed by atoms with Crippen LogP contribution in [0.25, 0.3) is 11.3 Å². The van der Waals surface area contributed by atoms with Gasteiger partial charge in [0.1, 0.15) is 0 Å². The lowest BCUT2D eigenvalue weighted by molar-refractivity contribution is 0.765. The van der Waals surface area contributed by atoms with Crippen molar-refractivity contribution in [1.82, 2.24) is 9.78 Å². The van der Waals surface area contributed by atoms with Crippen LogP contribution >= 0.6 is 31.9 Å². The zero-order valence-electron chi connectivity index (χ0n) is 7.46. The molecule has 0 saturated heterocycles. The summed E-state index contributed by atoms with van der Waals surface area (Å²) in [6.45, 7) is 0. The van der Waals surface area contributed by atoms with E-state index < -0.39 is 0 Å². The quantitative estimate of drug-likeness (QED) is 0.788. The van der Waals surface area contributed by atoms with E-state index in [-0.39, 0.29) is 0 Å². The van der Waals surface area contributed by atoms with E-state index in [4.69, 9.17) is 0 Å². The average molecular weight is 315 g/mol. The standard InChI is InChI=1S/C10H7Br2N2/c1-14-5-4-10(13-14)7-2-3-8(11)9(12)6-7/h2-4,6H,1H3. The molecular formula is C10H7Br2N2. The summed E-state index contributed by atoms with van der Waals surface area (Å²) in [6, 6.07) is 7.91. The van der Waals surface area contributed by atoms with Crippen molar-refractivity contribution < 1.29 is 0 Å². The van der Waals surface area contributed by atoms with Crippen molar-refractivity contribution in [2.45, 2.75) is 0 Å². The van der Waals surface area contributed by atoms with Crippen LogP contribution in [0, 0.1) is 6.20 Å². The van der Waals surface area contributed by atoms with Crippen molar-refractivity contribution in [1.29, 1.82) is 0 Å². The fraction of sp³-hybridized carbons (Fsp3) is 0.100. The van der Waals surface area contributed by atoms with Crippen molar-refractivity contribution in [3.8, 4) is 11.3 Å². The highest BCUT2D eigenvalue weighted by Crippen LogP contribution is 2.27. The summed E-state index contributed by atoms with van der Waals surface area (Å²) >= 11 is 6.89. The first-order valence-electron chi connectivity index (χ1n) is 4.04. The van der Waals surface area contributed by atoms with Crippen LogP contribution in [-0.2, 0) is 7.05 Å². The van der Waals surface area contributed by atoms with Crippen LogP contribution in [-0.4, -0.2) is 9.78 Å². The molecule has 2 aromatic rings. The van der Waals surface area contributed by atoms with Gasteiger partial charge < -0.3 is 0 Å². The van der Waals surface area contributed by atoms with Crippen molar-refractivity contribution >= 4 is 31.9 Å². The largest absolute Gasteiger partial charge is 0.266 e. The second kappa shape index (κ2) is 3.87. The number of rotatable bonds is 1. The number of halogens is 2. The third kappa shape index (κ3) is 1.91. The normalized spacial score (nSPS) is 10.5. The Labute approximate surface area is 99.2 Å². The second-order valence-corrected chi connectivity index (χ2v) is 4.62. The molecule has 1 radical (unpaired) electrons. The molecule has 71 valence electrons. The van der Waals surface area contributed by atoms with Crippen molar-refractivity contribution in [2.24, 2.45) is 7.05 Å². The third-order valence-electron chi connectivity index (χ3n) is 1.86. The van der Waals surface area contributed by atoms with E-state index in [9.17, 15) is 0 Å². The van der Waals surface area contributed by atoms with E-state index >= 15 is 0 Å². The fourth-order valence-electron chi connectivity index (χ4n) is 1.17. The molecule has 0 N–H and O–H groups in total. The van der Waals surface area contributed by atoms with Crippen molar-refractivity contribution in [2.75, 3.05) is 0 Å². The zero-order valence-corrected chi connectivity index (χ0v) is 10.6. The first-order valence-corrected chi connectivity index (χ1v) is 5.62. The molecule has 1 heterocycles. The molecule has 0 spiro atoms. The minimum absolute atomic E-state index is 0.931. The summed E-state index contributed by atoms with van der Waals surface area (Å²) < 4.78 is 3.74. The monoisotopic (exact) mass is 313 g/mol. The topological polar surface area (TPSA) is 17.8 Å². The fourth-order valence-corrected chi connectivity index (χ4v) is 1.80. The van der Waals surface area contributed by atoms with Crippen LogP contribution in [0.2, 0.25) is 0 Å². The summed E-state index contributed by atoms with van der Waals surface area (Å²) in [7, 11) is 1.86. The van der Waals surface area contributed by atoms with Gasteiger partial charge in [0, 0.05) is 21.6 Å². The molecule has 0 saturated carbocycles. The van der Waals surface area contributed by atoms with Gasteiger partial charge in [0.15, 0.2) is 0 Å². The summed E-state index contributed by atoms with van der Waals surface area (Å²) in [5, 5.41) is 4.28. The summed E-state index contributed by atoms with van der Waals surface area (Å²) in [5.41, 5.74) is 2.01. The number of hydrogen-bond acceptors (Lipinski definition) is 1. The highest BCUT2D eigenvalue weighted by molar-refractivity contribution is 9.13. The maximum atomic E-state index is 4.28. The molecule has 14 heavy (non-hydrogen) atoms. The van der Waals surface area contributed by atoms with Gasteiger partial charge in [-0.15, -0.1) is 0 Å². The van der Waals surface area contributed by atoms with Gasteiger partial charge in [-0.2, -0.15) is 5.10 Å². The van der Waals surface area contributed by atoms with Crippen LogP contribution < -0.4 is 0 Å². The Hall–Kier alpha value is -0.610. The minimum atomic E-state index is 0.931. The predicted molar refractivity (Wildman–Crippen MR) is 62.9 cm³/mol. The molecule has 0 unspecified atom stereocenters. The minimum Gasteiger partial charge on any atom is -0.266 e. The molecule has 0 aliphatic carbocycles. The Morgan fingerprint density at radius 2 is 2.07 bits per heavy atom. The average Bonchev–Trinajstić information content (AvgIpc) is 2.57. The van der Waals surface area contributed by atoms with Gasteiger partial charge in [-0.25, -0.2) is 0 Å². The van der Waals surface area contributed by atoms with E-state index in [1.807, 2.05) is 31.3 Å². The summed E-state index contributed by atoms with van der Waals surface area (Å²) in [5.74, 6) is 0. The lowest BCUT2D eigenvalue weighted by atomic mass is 10.2. The molecule has 0 aliphatic heterocycles. The van der Waals surface area contributed by atoms with Crippen LogP contribution in [0.1, 0.15) is 0 Å². The Morgan fingerprint density at radius 3 is 2.64 bits per heavy atom. The first kappa shape index (κ1) is 9.93. The molecule has 0 amide bonds. The van der Waals surface area contributed by atoms with E-state index in [1.165, 1.54) is 0 Å². The van der Waals surface area contributed by atoms with Crippen LogP contribution in [0.3, 0.4) is 0 Å². The maximum absolute atomic E-state index is 4.28. The molecular weight excluding hydrogens is 308 g/mol. The molecule has 1 aromatic heterocycles. The van der Waals surface area contributed by atoms with Gasteiger partial charge in [0.2, 0.25) is 0 Å². The van der Waals surface area contributed by atoms with Gasteiger partial charge >= 0.3 is 0 Å². The smallest absolute Gasteiger partial charge is 0.0930 e. The number of hydrogen-bond donors (Lipinski definition) is 0. The van der Waals surface area contributed by atoms with E-state index in [1.54, 1.807) is 4.68 Å². The molecule has 2 nitrogen and oxygen atoms in total. The number of benzene rings is 1. The number of aryl methyl sites for hydroxylation is 1. The Bertz CT molecular complexity index is 463. The van der Waals surface area contributed by atoms with Crippen molar-refractivity contribution in [3.63, 3.8) is 0 Å². The number of nitrogens with zero attached hydrogens (tertiary/aromatic N) is 2. The first-order chi connectivity index (χ1) is 6.66. The highest BCUT2D eigenvalue weighted by atomic mass is 79.9. The zero-order chi connectivity index (χ0) is 10.1. The SMILES string of the molecule is Cn1[c]cc(-c2ccc(Br)c(Br)c2)n1.